The zero-order chi connectivity index (χ0) is 13.8. The van der Waals surface area contributed by atoms with Crippen LogP contribution in [0.2, 0.25) is 0 Å². The lowest BCUT2D eigenvalue weighted by Crippen LogP contribution is -2.26. The lowest BCUT2D eigenvalue weighted by molar-refractivity contribution is -0.150. The number of rotatable bonds is 4. The number of ether oxygens (including phenoxy) is 2. The van der Waals surface area contributed by atoms with Gasteiger partial charge < -0.3 is 9.47 Å². The summed E-state index contributed by atoms with van der Waals surface area (Å²) in [6.07, 6.45) is -0.605. The molecule has 0 saturated carbocycles. The molecule has 2 rings (SSSR count). The van der Waals surface area contributed by atoms with Crippen LogP contribution in [0.3, 0.4) is 0 Å². The Morgan fingerprint density at radius 3 is 2.58 bits per heavy atom. The van der Waals surface area contributed by atoms with Crippen LogP contribution in [-0.4, -0.2) is 18.7 Å². The summed E-state index contributed by atoms with van der Waals surface area (Å²) < 4.78 is 10.7. The molecule has 1 atom stereocenters. The lowest BCUT2D eigenvalue weighted by Gasteiger charge is -2.15. The van der Waals surface area contributed by atoms with Gasteiger partial charge in [-0.2, -0.15) is 0 Å². The number of aryl methyl sites for hydroxylation is 1. The van der Waals surface area contributed by atoms with E-state index in [0.29, 0.717) is 12.4 Å². The van der Waals surface area contributed by atoms with Crippen LogP contribution >= 0.6 is 0 Å². The third-order valence-electron chi connectivity index (χ3n) is 3.02. The van der Waals surface area contributed by atoms with Gasteiger partial charge in [0.15, 0.2) is 6.10 Å². The van der Waals surface area contributed by atoms with Gasteiger partial charge in [0.25, 0.3) is 0 Å². The fourth-order valence-electron chi connectivity index (χ4n) is 2.04. The third-order valence-corrected chi connectivity index (χ3v) is 3.02. The van der Waals surface area contributed by atoms with Crippen LogP contribution in [0.25, 0.3) is 10.8 Å². The largest absolute Gasteiger partial charge is 0.478 e. The van der Waals surface area contributed by atoms with Gasteiger partial charge in [-0.1, -0.05) is 30.3 Å². The zero-order valence-corrected chi connectivity index (χ0v) is 11.5. The van der Waals surface area contributed by atoms with Gasteiger partial charge in [-0.15, -0.1) is 0 Å². The molecule has 0 amide bonds. The van der Waals surface area contributed by atoms with Crippen LogP contribution in [0, 0.1) is 6.92 Å². The molecule has 3 heteroatoms. The molecular weight excluding hydrogens is 240 g/mol. The number of esters is 1. The van der Waals surface area contributed by atoms with Crippen molar-refractivity contribution in [1.82, 2.24) is 0 Å². The van der Waals surface area contributed by atoms with Crippen LogP contribution in [0.4, 0.5) is 0 Å². The van der Waals surface area contributed by atoms with E-state index in [1.165, 1.54) is 5.56 Å². The van der Waals surface area contributed by atoms with Crippen molar-refractivity contribution in [2.75, 3.05) is 6.61 Å². The molecule has 2 aromatic rings. The molecule has 0 aliphatic heterocycles. The predicted molar refractivity (Wildman–Crippen MR) is 75.4 cm³/mol. The zero-order valence-electron chi connectivity index (χ0n) is 11.5. The molecule has 0 radical (unpaired) electrons. The van der Waals surface area contributed by atoms with Crippen molar-refractivity contribution >= 4 is 16.7 Å². The molecule has 0 aliphatic carbocycles. The van der Waals surface area contributed by atoms with E-state index in [1.54, 1.807) is 13.8 Å². The standard InChI is InChI=1S/C16H18O3/c1-4-18-16(17)12(3)19-15-10-6-8-13-11(2)7-5-9-14(13)15/h5-10,12H,4H2,1-3H3. The Morgan fingerprint density at radius 2 is 1.84 bits per heavy atom. The van der Waals surface area contributed by atoms with Crippen molar-refractivity contribution in [1.29, 1.82) is 0 Å². The fraction of sp³-hybridized carbons (Fsp3) is 0.312. The summed E-state index contributed by atoms with van der Waals surface area (Å²) in [4.78, 5) is 11.6. The number of carbonyl (C=O) groups excluding carboxylic acids is 1. The van der Waals surface area contributed by atoms with Crippen molar-refractivity contribution in [3.63, 3.8) is 0 Å². The maximum Gasteiger partial charge on any atom is 0.347 e. The molecule has 0 heterocycles. The van der Waals surface area contributed by atoms with Crippen LogP contribution in [0.1, 0.15) is 19.4 Å². The third kappa shape index (κ3) is 2.87. The molecule has 0 fully saturated rings. The van der Waals surface area contributed by atoms with E-state index < -0.39 is 6.10 Å². The van der Waals surface area contributed by atoms with E-state index in [-0.39, 0.29) is 5.97 Å². The highest BCUT2D eigenvalue weighted by atomic mass is 16.6. The van der Waals surface area contributed by atoms with E-state index in [0.717, 1.165) is 10.8 Å². The van der Waals surface area contributed by atoms with Gasteiger partial charge in [-0.25, -0.2) is 4.79 Å². The summed E-state index contributed by atoms with van der Waals surface area (Å²) in [5.41, 5.74) is 1.19. The average molecular weight is 258 g/mol. The Bertz CT molecular complexity index is 590. The SMILES string of the molecule is CCOC(=O)C(C)Oc1cccc2c(C)cccc12. The first-order valence-electron chi connectivity index (χ1n) is 6.45. The molecule has 0 bridgehead atoms. The average Bonchev–Trinajstić information content (AvgIpc) is 2.40. The quantitative estimate of drug-likeness (QED) is 0.788. The van der Waals surface area contributed by atoms with Gasteiger partial charge in [0.05, 0.1) is 6.61 Å². The Morgan fingerprint density at radius 1 is 1.16 bits per heavy atom. The normalized spacial score (nSPS) is 12.2. The Labute approximate surface area is 113 Å². The fourth-order valence-corrected chi connectivity index (χ4v) is 2.04. The summed E-state index contributed by atoms with van der Waals surface area (Å²) >= 11 is 0. The van der Waals surface area contributed by atoms with Crippen molar-refractivity contribution in [2.45, 2.75) is 26.9 Å². The highest BCUT2D eigenvalue weighted by Crippen LogP contribution is 2.28. The molecule has 0 aromatic heterocycles. The maximum absolute atomic E-state index is 11.6. The highest BCUT2D eigenvalue weighted by Gasteiger charge is 2.16. The van der Waals surface area contributed by atoms with Crippen LogP contribution < -0.4 is 4.74 Å². The second-order valence-corrected chi connectivity index (χ2v) is 4.44. The second kappa shape index (κ2) is 5.74. The minimum atomic E-state index is -0.605. The summed E-state index contributed by atoms with van der Waals surface area (Å²) in [6.45, 7) is 5.90. The Balaban J connectivity index is 2.31. The second-order valence-electron chi connectivity index (χ2n) is 4.44. The van der Waals surface area contributed by atoms with E-state index in [2.05, 4.69) is 13.0 Å². The molecule has 1 unspecified atom stereocenters. The molecule has 0 saturated heterocycles. The number of benzene rings is 2. The van der Waals surface area contributed by atoms with Crippen molar-refractivity contribution in [3.05, 3.63) is 42.0 Å². The molecule has 19 heavy (non-hydrogen) atoms. The smallest absolute Gasteiger partial charge is 0.347 e. The van der Waals surface area contributed by atoms with Crippen molar-refractivity contribution in [2.24, 2.45) is 0 Å². The van der Waals surface area contributed by atoms with Crippen LogP contribution in [0.15, 0.2) is 36.4 Å². The van der Waals surface area contributed by atoms with Crippen molar-refractivity contribution < 1.29 is 14.3 Å². The number of fused-ring (bicyclic) bond motifs is 1. The molecule has 3 nitrogen and oxygen atoms in total. The first-order valence-corrected chi connectivity index (χ1v) is 6.45. The highest BCUT2D eigenvalue weighted by molar-refractivity contribution is 5.91. The molecule has 2 aromatic carbocycles. The van der Waals surface area contributed by atoms with Crippen LogP contribution in [-0.2, 0) is 9.53 Å². The van der Waals surface area contributed by atoms with Crippen LogP contribution in [0.5, 0.6) is 5.75 Å². The van der Waals surface area contributed by atoms with Gasteiger partial charge in [0.2, 0.25) is 0 Å². The Hall–Kier alpha value is -2.03. The molecule has 0 aliphatic rings. The molecule has 100 valence electrons. The predicted octanol–water partition coefficient (Wildman–Crippen LogP) is 3.48. The van der Waals surface area contributed by atoms with Gasteiger partial charge in [-0.05, 0) is 37.8 Å². The van der Waals surface area contributed by atoms with E-state index in [9.17, 15) is 4.79 Å². The summed E-state index contributed by atoms with van der Waals surface area (Å²) in [6, 6.07) is 11.9. The first-order chi connectivity index (χ1) is 9.13. The summed E-state index contributed by atoms with van der Waals surface area (Å²) in [7, 11) is 0. The van der Waals surface area contributed by atoms with Gasteiger partial charge in [0.1, 0.15) is 5.75 Å². The monoisotopic (exact) mass is 258 g/mol. The van der Waals surface area contributed by atoms with Gasteiger partial charge in [-0.3, -0.25) is 0 Å². The first kappa shape index (κ1) is 13.4. The summed E-state index contributed by atoms with van der Waals surface area (Å²) in [5, 5.41) is 2.15. The minimum Gasteiger partial charge on any atom is -0.478 e. The number of carbonyl (C=O) groups is 1. The molecule has 0 N–H and O–H groups in total. The van der Waals surface area contributed by atoms with Gasteiger partial charge in [0, 0.05) is 5.39 Å². The topological polar surface area (TPSA) is 35.5 Å². The minimum absolute atomic E-state index is 0.341. The van der Waals surface area contributed by atoms with Crippen molar-refractivity contribution in [3.8, 4) is 5.75 Å². The van der Waals surface area contributed by atoms with E-state index >= 15 is 0 Å². The lowest BCUT2D eigenvalue weighted by atomic mass is 10.1. The van der Waals surface area contributed by atoms with E-state index in [4.69, 9.17) is 9.47 Å². The maximum atomic E-state index is 11.6. The number of hydrogen-bond acceptors (Lipinski definition) is 3. The molecule has 0 spiro atoms. The summed E-state index contributed by atoms with van der Waals surface area (Å²) in [5.74, 6) is 0.369. The Kier molecular flexibility index (Phi) is 4.05. The van der Waals surface area contributed by atoms with E-state index in [1.807, 2.05) is 30.3 Å². The number of hydrogen-bond donors (Lipinski definition) is 0. The van der Waals surface area contributed by atoms with Gasteiger partial charge >= 0.3 is 5.97 Å². The molecular formula is C16H18O3.